The molecule has 13 nitrogen and oxygen atoms in total. The van der Waals surface area contributed by atoms with Crippen LogP contribution in [0.2, 0.25) is 0 Å². The lowest BCUT2D eigenvalue weighted by Gasteiger charge is -2.20. The Morgan fingerprint density at radius 2 is 1.34 bits per heavy atom. The van der Waals surface area contributed by atoms with Crippen molar-refractivity contribution in [1.29, 1.82) is 0 Å². The maximum absolute atomic E-state index is 15.4. The van der Waals surface area contributed by atoms with Gasteiger partial charge < -0.3 is 24.1 Å². The monoisotopic (exact) mass is 689 g/mol. The molecule has 3 aromatic carbocycles. The fraction of sp³-hybridized carbons (Fsp3) is 0.333. The SMILES string of the molecule is CCOC(=O)C(Cc1ccc(-c2noc(-c3ccc(NC(=O)OC(C)(C)C)cc3)n2)cc1F)NC(=O)c1ccc(NC(=O)OC(C)(C)C)cc1. The average Bonchev–Trinajstić information content (AvgIpc) is 3.51. The van der Waals surface area contributed by atoms with Crippen LogP contribution in [0.4, 0.5) is 25.4 Å². The van der Waals surface area contributed by atoms with E-state index in [9.17, 15) is 19.2 Å². The van der Waals surface area contributed by atoms with E-state index >= 15 is 4.39 Å². The van der Waals surface area contributed by atoms with E-state index < -0.39 is 47.1 Å². The number of ether oxygens (including phenoxy) is 3. The van der Waals surface area contributed by atoms with E-state index in [1.165, 1.54) is 36.4 Å². The molecule has 4 aromatic rings. The number of esters is 1. The highest BCUT2D eigenvalue weighted by atomic mass is 19.1. The number of halogens is 1. The van der Waals surface area contributed by atoms with Gasteiger partial charge in [-0.05, 0) is 109 Å². The number of hydrogen-bond donors (Lipinski definition) is 3. The van der Waals surface area contributed by atoms with E-state index in [4.69, 9.17) is 18.7 Å². The summed E-state index contributed by atoms with van der Waals surface area (Å²) in [7, 11) is 0. The number of carbonyl (C=O) groups is 4. The quantitative estimate of drug-likeness (QED) is 0.115. The molecule has 14 heteroatoms. The summed E-state index contributed by atoms with van der Waals surface area (Å²) >= 11 is 0. The number of amides is 3. The Morgan fingerprint density at radius 1 is 0.800 bits per heavy atom. The summed E-state index contributed by atoms with van der Waals surface area (Å²) in [6.07, 6.45) is -1.44. The summed E-state index contributed by atoms with van der Waals surface area (Å²) < 4.78 is 36.4. The van der Waals surface area contributed by atoms with Crippen LogP contribution in [-0.4, -0.2) is 58.1 Å². The second-order valence-electron chi connectivity index (χ2n) is 13.1. The minimum Gasteiger partial charge on any atom is -0.464 e. The van der Waals surface area contributed by atoms with Gasteiger partial charge in [-0.2, -0.15) is 4.98 Å². The number of rotatable bonds is 10. The first-order chi connectivity index (χ1) is 23.5. The highest BCUT2D eigenvalue weighted by Gasteiger charge is 2.25. The molecule has 3 N–H and O–H groups in total. The zero-order chi connectivity index (χ0) is 36.6. The first kappa shape index (κ1) is 37.0. The van der Waals surface area contributed by atoms with E-state index in [0.717, 1.165) is 0 Å². The lowest BCUT2D eigenvalue weighted by molar-refractivity contribution is -0.145. The first-order valence-electron chi connectivity index (χ1n) is 15.8. The molecule has 0 fully saturated rings. The zero-order valence-corrected chi connectivity index (χ0v) is 28.9. The molecule has 4 rings (SSSR count). The minimum atomic E-state index is -1.20. The largest absolute Gasteiger partial charge is 0.464 e. The second kappa shape index (κ2) is 15.6. The number of benzene rings is 3. The van der Waals surface area contributed by atoms with Crippen LogP contribution < -0.4 is 16.0 Å². The van der Waals surface area contributed by atoms with Crippen molar-refractivity contribution in [1.82, 2.24) is 15.5 Å². The molecule has 1 unspecified atom stereocenters. The van der Waals surface area contributed by atoms with Gasteiger partial charge in [0.15, 0.2) is 0 Å². The van der Waals surface area contributed by atoms with Crippen LogP contribution >= 0.6 is 0 Å². The third-order valence-corrected chi connectivity index (χ3v) is 6.61. The van der Waals surface area contributed by atoms with Gasteiger partial charge in [0.1, 0.15) is 23.1 Å². The van der Waals surface area contributed by atoms with Crippen LogP contribution in [0, 0.1) is 5.82 Å². The Bertz CT molecular complexity index is 1830. The molecule has 1 atom stereocenters. The van der Waals surface area contributed by atoms with E-state index in [1.807, 2.05) is 0 Å². The van der Waals surface area contributed by atoms with Crippen LogP contribution in [0.15, 0.2) is 71.3 Å². The number of carbonyl (C=O) groups excluding carboxylic acids is 4. The van der Waals surface area contributed by atoms with E-state index in [0.29, 0.717) is 22.5 Å². The third kappa shape index (κ3) is 10.9. The topological polar surface area (TPSA) is 171 Å². The first-order valence-corrected chi connectivity index (χ1v) is 15.8. The van der Waals surface area contributed by atoms with Crippen molar-refractivity contribution in [2.24, 2.45) is 0 Å². The van der Waals surface area contributed by atoms with Gasteiger partial charge in [-0.3, -0.25) is 15.4 Å². The van der Waals surface area contributed by atoms with Crippen LogP contribution in [0.1, 0.15) is 64.4 Å². The number of hydrogen-bond acceptors (Lipinski definition) is 10. The maximum atomic E-state index is 15.4. The van der Waals surface area contributed by atoms with Gasteiger partial charge >= 0.3 is 18.2 Å². The van der Waals surface area contributed by atoms with Gasteiger partial charge in [0.2, 0.25) is 5.82 Å². The molecule has 264 valence electrons. The molecular weight excluding hydrogens is 649 g/mol. The summed E-state index contributed by atoms with van der Waals surface area (Å²) in [6.45, 7) is 12.2. The molecule has 50 heavy (non-hydrogen) atoms. The maximum Gasteiger partial charge on any atom is 0.412 e. The van der Waals surface area contributed by atoms with Crippen LogP contribution in [-0.2, 0) is 25.4 Å². The van der Waals surface area contributed by atoms with Crippen LogP contribution in [0.5, 0.6) is 0 Å². The molecule has 3 amide bonds. The summed E-state index contributed by atoms with van der Waals surface area (Å²) in [6, 6.07) is 15.6. The highest BCUT2D eigenvalue weighted by molar-refractivity contribution is 5.97. The van der Waals surface area contributed by atoms with Crippen molar-refractivity contribution in [3.8, 4) is 22.8 Å². The average molecular weight is 690 g/mol. The van der Waals surface area contributed by atoms with Gasteiger partial charge in [-0.1, -0.05) is 17.3 Å². The van der Waals surface area contributed by atoms with Gasteiger partial charge in [-0.25, -0.2) is 18.8 Å². The molecule has 0 aliphatic carbocycles. The van der Waals surface area contributed by atoms with E-state index in [2.05, 4.69) is 26.1 Å². The molecule has 0 aliphatic heterocycles. The zero-order valence-electron chi connectivity index (χ0n) is 28.9. The van der Waals surface area contributed by atoms with Gasteiger partial charge in [0.25, 0.3) is 11.8 Å². The Hall–Kier alpha value is -5.79. The summed E-state index contributed by atoms with van der Waals surface area (Å²) in [5, 5.41) is 11.8. The Labute approximate surface area is 288 Å². The third-order valence-electron chi connectivity index (χ3n) is 6.61. The van der Waals surface area contributed by atoms with Crippen molar-refractivity contribution in [2.75, 3.05) is 17.2 Å². The molecule has 0 bridgehead atoms. The fourth-order valence-corrected chi connectivity index (χ4v) is 4.45. The normalized spacial score (nSPS) is 12.0. The van der Waals surface area contributed by atoms with Crippen molar-refractivity contribution >= 4 is 35.4 Å². The number of aromatic nitrogens is 2. The Balaban J connectivity index is 1.42. The lowest BCUT2D eigenvalue weighted by atomic mass is 10.0. The predicted octanol–water partition coefficient (Wildman–Crippen LogP) is 7.14. The standard InChI is InChI=1S/C36H40FN5O8/c1-8-47-32(44)28(40-30(43)21-11-15-25(16-12-21)38-33(45)48-35(2,3)4)20-23-9-10-24(19-27(23)37)29-41-31(50-42-29)22-13-17-26(18-14-22)39-34(46)49-36(5,6)7/h9-19,28H,8,20H2,1-7H3,(H,38,45)(H,39,46)(H,40,43). The van der Waals surface area contributed by atoms with Gasteiger partial charge in [-0.15, -0.1) is 0 Å². The van der Waals surface area contributed by atoms with Gasteiger partial charge in [0, 0.05) is 34.5 Å². The molecular formula is C36H40FN5O8. The molecule has 1 aromatic heterocycles. The van der Waals surface area contributed by atoms with Crippen molar-refractivity contribution < 1.29 is 42.3 Å². The minimum absolute atomic E-state index is 0.0563. The van der Waals surface area contributed by atoms with E-state index in [1.54, 1.807) is 78.8 Å². The predicted molar refractivity (Wildman–Crippen MR) is 183 cm³/mol. The Kier molecular flexibility index (Phi) is 11.6. The summed E-state index contributed by atoms with van der Waals surface area (Å²) in [5.41, 5.74) is 0.815. The summed E-state index contributed by atoms with van der Waals surface area (Å²) in [5.74, 6) is -1.69. The number of nitrogens with zero attached hydrogens (tertiary/aromatic N) is 2. The van der Waals surface area contributed by atoms with Crippen molar-refractivity contribution in [3.05, 3.63) is 83.7 Å². The molecule has 0 aliphatic rings. The van der Waals surface area contributed by atoms with Crippen LogP contribution in [0.3, 0.4) is 0 Å². The smallest absolute Gasteiger partial charge is 0.412 e. The van der Waals surface area contributed by atoms with Crippen molar-refractivity contribution in [3.63, 3.8) is 0 Å². The number of anilines is 2. The van der Waals surface area contributed by atoms with Crippen molar-refractivity contribution in [2.45, 2.75) is 72.1 Å². The van der Waals surface area contributed by atoms with E-state index in [-0.39, 0.29) is 35.9 Å². The Morgan fingerprint density at radius 3 is 1.86 bits per heavy atom. The fourth-order valence-electron chi connectivity index (χ4n) is 4.45. The lowest BCUT2D eigenvalue weighted by Crippen LogP contribution is -2.43. The number of nitrogens with one attached hydrogen (secondary N) is 3. The van der Waals surface area contributed by atoms with Gasteiger partial charge in [0.05, 0.1) is 6.61 Å². The molecule has 0 saturated carbocycles. The molecule has 0 radical (unpaired) electrons. The second-order valence-corrected chi connectivity index (χ2v) is 13.1. The molecule has 0 spiro atoms. The molecule has 0 saturated heterocycles. The summed E-state index contributed by atoms with van der Waals surface area (Å²) in [4.78, 5) is 54.3. The molecule has 1 heterocycles. The van der Waals surface area contributed by atoms with Crippen LogP contribution in [0.25, 0.3) is 22.8 Å². The highest BCUT2D eigenvalue weighted by Crippen LogP contribution is 2.26.